The zero-order valence-electron chi connectivity index (χ0n) is 11.9. The lowest BCUT2D eigenvalue weighted by Crippen LogP contribution is -2.39. The summed E-state index contributed by atoms with van der Waals surface area (Å²) in [4.78, 5) is 2.21. The minimum atomic E-state index is -0.0802. The molecule has 0 spiro atoms. The Kier molecular flexibility index (Phi) is 3.64. The molecule has 1 aromatic rings. The molecule has 0 heterocycles. The van der Waals surface area contributed by atoms with Crippen molar-refractivity contribution in [3.8, 4) is 5.75 Å². The van der Waals surface area contributed by atoms with Crippen molar-refractivity contribution in [3.63, 3.8) is 0 Å². The number of rotatable bonds is 5. The lowest BCUT2D eigenvalue weighted by Gasteiger charge is -2.32. The minimum Gasteiger partial charge on any atom is -0.496 e. The molecule has 3 nitrogen and oxygen atoms in total. The van der Waals surface area contributed by atoms with Crippen LogP contribution < -0.4 is 10.5 Å². The molecular formula is C15H24N2O. The van der Waals surface area contributed by atoms with Gasteiger partial charge in [0.05, 0.1) is 13.2 Å². The molecule has 2 rings (SSSR count). The quantitative estimate of drug-likeness (QED) is 0.869. The van der Waals surface area contributed by atoms with Gasteiger partial charge in [-0.15, -0.1) is 0 Å². The largest absolute Gasteiger partial charge is 0.496 e. The van der Waals surface area contributed by atoms with Gasteiger partial charge < -0.3 is 15.4 Å². The van der Waals surface area contributed by atoms with Crippen molar-refractivity contribution in [2.45, 2.75) is 37.8 Å². The summed E-state index contributed by atoms with van der Waals surface area (Å²) in [5, 5.41) is 0. The van der Waals surface area contributed by atoms with Gasteiger partial charge in [-0.3, -0.25) is 0 Å². The van der Waals surface area contributed by atoms with E-state index in [4.69, 9.17) is 10.5 Å². The maximum atomic E-state index is 6.44. The molecule has 0 aliphatic heterocycles. The Morgan fingerprint density at radius 2 is 2.06 bits per heavy atom. The molecule has 1 unspecified atom stereocenters. The first-order valence-corrected chi connectivity index (χ1v) is 6.64. The van der Waals surface area contributed by atoms with Crippen molar-refractivity contribution in [1.29, 1.82) is 0 Å². The number of methoxy groups -OCH3 is 1. The van der Waals surface area contributed by atoms with Crippen LogP contribution in [0.2, 0.25) is 0 Å². The number of benzene rings is 1. The summed E-state index contributed by atoms with van der Waals surface area (Å²) >= 11 is 0. The third-order valence-electron chi connectivity index (χ3n) is 3.89. The molecule has 0 amide bonds. The summed E-state index contributed by atoms with van der Waals surface area (Å²) in [6.45, 7) is 2.17. The van der Waals surface area contributed by atoms with E-state index in [0.717, 1.165) is 25.0 Å². The molecule has 1 atom stereocenters. The fraction of sp³-hybridized carbons (Fsp3) is 0.600. The Morgan fingerprint density at radius 3 is 2.50 bits per heavy atom. The van der Waals surface area contributed by atoms with Crippen molar-refractivity contribution in [1.82, 2.24) is 4.90 Å². The van der Waals surface area contributed by atoms with Gasteiger partial charge in [-0.1, -0.05) is 19.1 Å². The molecule has 0 radical (unpaired) electrons. The summed E-state index contributed by atoms with van der Waals surface area (Å²) in [5.41, 5.74) is 8.92. The normalized spacial score (nSPS) is 18.8. The van der Waals surface area contributed by atoms with Gasteiger partial charge in [-0.05, 0) is 45.0 Å². The van der Waals surface area contributed by atoms with Crippen molar-refractivity contribution < 1.29 is 4.74 Å². The summed E-state index contributed by atoms with van der Waals surface area (Å²) in [7, 11) is 5.92. The van der Waals surface area contributed by atoms with Crippen LogP contribution in [0, 0.1) is 0 Å². The van der Waals surface area contributed by atoms with E-state index < -0.39 is 0 Å². The van der Waals surface area contributed by atoms with Gasteiger partial charge in [-0.2, -0.15) is 0 Å². The lowest BCUT2D eigenvalue weighted by atomic mass is 9.93. The van der Waals surface area contributed by atoms with Crippen LogP contribution in [-0.4, -0.2) is 31.6 Å². The maximum absolute atomic E-state index is 6.44. The van der Waals surface area contributed by atoms with Gasteiger partial charge >= 0.3 is 0 Å². The SMILES string of the molecule is CCc1ccc(OC)c(C(N(C)C)C2(N)CC2)c1. The monoisotopic (exact) mass is 248 g/mol. The number of ether oxygens (including phenoxy) is 1. The molecule has 1 fully saturated rings. The topological polar surface area (TPSA) is 38.5 Å². The number of hydrogen-bond acceptors (Lipinski definition) is 3. The van der Waals surface area contributed by atoms with E-state index in [1.807, 2.05) is 0 Å². The van der Waals surface area contributed by atoms with Crippen LogP contribution >= 0.6 is 0 Å². The summed E-state index contributed by atoms with van der Waals surface area (Å²) in [6, 6.07) is 6.68. The third kappa shape index (κ3) is 2.38. The first kappa shape index (κ1) is 13.4. The minimum absolute atomic E-state index is 0.0802. The standard InChI is InChI=1S/C15H24N2O/c1-5-11-6-7-13(18-4)12(10-11)14(17(2)3)15(16)8-9-15/h6-7,10,14H,5,8-9,16H2,1-4H3. The van der Waals surface area contributed by atoms with E-state index in [2.05, 4.69) is 44.1 Å². The van der Waals surface area contributed by atoms with E-state index in [9.17, 15) is 0 Å². The molecule has 0 aromatic heterocycles. The second-order valence-corrected chi connectivity index (χ2v) is 5.53. The summed E-state index contributed by atoms with van der Waals surface area (Å²) in [5.74, 6) is 0.947. The van der Waals surface area contributed by atoms with Crippen molar-refractivity contribution in [2.24, 2.45) is 5.73 Å². The number of likely N-dealkylation sites (N-methyl/N-ethyl adjacent to an activating group) is 1. The molecule has 1 saturated carbocycles. The molecule has 100 valence electrons. The van der Waals surface area contributed by atoms with Gasteiger partial charge in [0.2, 0.25) is 0 Å². The molecule has 1 aliphatic carbocycles. The zero-order valence-corrected chi connectivity index (χ0v) is 11.9. The summed E-state index contributed by atoms with van der Waals surface area (Å²) < 4.78 is 5.52. The van der Waals surface area contributed by atoms with Crippen molar-refractivity contribution in [3.05, 3.63) is 29.3 Å². The zero-order chi connectivity index (χ0) is 13.3. The first-order chi connectivity index (χ1) is 8.51. The Morgan fingerprint density at radius 1 is 1.39 bits per heavy atom. The van der Waals surface area contributed by atoms with Crippen molar-refractivity contribution >= 4 is 0 Å². The Bertz CT molecular complexity index is 425. The molecule has 1 aromatic carbocycles. The maximum Gasteiger partial charge on any atom is 0.123 e. The molecule has 3 heteroatoms. The van der Waals surface area contributed by atoms with Crippen LogP contribution in [-0.2, 0) is 6.42 Å². The molecule has 18 heavy (non-hydrogen) atoms. The number of hydrogen-bond donors (Lipinski definition) is 1. The average Bonchev–Trinajstić information content (AvgIpc) is 3.07. The third-order valence-corrected chi connectivity index (χ3v) is 3.89. The Balaban J connectivity index is 2.45. The van der Waals surface area contributed by atoms with Gasteiger partial charge in [0.15, 0.2) is 0 Å². The van der Waals surface area contributed by atoms with E-state index in [-0.39, 0.29) is 11.6 Å². The predicted octanol–water partition coefficient (Wildman–Crippen LogP) is 2.35. The first-order valence-electron chi connectivity index (χ1n) is 6.64. The van der Waals surface area contributed by atoms with Gasteiger partial charge in [0.1, 0.15) is 5.75 Å². The Hall–Kier alpha value is -1.06. The molecule has 2 N–H and O–H groups in total. The smallest absolute Gasteiger partial charge is 0.123 e. The molecule has 0 saturated heterocycles. The van der Waals surface area contributed by atoms with Crippen LogP contribution in [0.4, 0.5) is 0 Å². The highest BCUT2D eigenvalue weighted by molar-refractivity contribution is 5.42. The number of nitrogens with zero attached hydrogens (tertiary/aromatic N) is 1. The molecule has 0 bridgehead atoms. The highest BCUT2D eigenvalue weighted by Gasteiger charge is 2.48. The van der Waals surface area contributed by atoms with E-state index in [1.165, 1.54) is 11.1 Å². The van der Waals surface area contributed by atoms with Gasteiger partial charge in [-0.25, -0.2) is 0 Å². The van der Waals surface area contributed by atoms with Gasteiger partial charge in [0.25, 0.3) is 0 Å². The second kappa shape index (κ2) is 4.90. The number of aryl methyl sites for hydroxylation is 1. The fourth-order valence-corrected chi connectivity index (χ4v) is 2.74. The van der Waals surface area contributed by atoms with E-state index in [0.29, 0.717) is 0 Å². The van der Waals surface area contributed by atoms with Crippen molar-refractivity contribution in [2.75, 3.05) is 21.2 Å². The molecular weight excluding hydrogens is 224 g/mol. The van der Waals surface area contributed by atoms with Crippen LogP contribution in [0.5, 0.6) is 5.75 Å². The van der Waals surface area contributed by atoms with Gasteiger partial charge in [0, 0.05) is 11.1 Å². The second-order valence-electron chi connectivity index (χ2n) is 5.53. The summed E-state index contributed by atoms with van der Waals surface area (Å²) in [6.07, 6.45) is 3.22. The van der Waals surface area contributed by atoms with Crippen LogP contribution in [0.1, 0.15) is 36.9 Å². The van der Waals surface area contributed by atoms with Crippen LogP contribution in [0.3, 0.4) is 0 Å². The Labute approximate surface area is 110 Å². The average molecular weight is 248 g/mol. The van der Waals surface area contributed by atoms with E-state index >= 15 is 0 Å². The highest BCUT2D eigenvalue weighted by atomic mass is 16.5. The number of nitrogens with two attached hydrogens (primary N) is 1. The predicted molar refractivity (Wildman–Crippen MR) is 75.0 cm³/mol. The van der Waals surface area contributed by atoms with E-state index in [1.54, 1.807) is 7.11 Å². The van der Waals surface area contributed by atoms with Crippen LogP contribution in [0.25, 0.3) is 0 Å². The highest BCUT2D eigenvalue weighted by Crippen LogP contribution is 2.48. The lowest BCUT2D eigenvalue weighted by molar-refractivity contribution is 0.238. The fourth-order valence-electron chi connectivity index (χ4n) is 2.74. The van der Waals surface area contributed by atoms with Crippen LogP contribution in [0.15, 0.2) is 18.2 Å². The molecule has 1 aliphatic rings.